The maximum atomic E-state index is 11.8. The van der Waals surface area contributed by atoms with E-state index < -0.39 is 0 Å². The highest BCUT2D eigenvalue weighted by molar-refractivity contribution is 5.73. The second kappa shape index (κ2) is 3.75. The van der Waals surface area contributed by atoms with Crippen molar-refractivity contribution in [1.29, 1.82) is 0 Å². The van der Waals surface area contributed by atoms with Crippen LogP contribution < -0.4 is 0 Å². The molecule has 1 N–H and O–H groups in total. The summed E-state index contributed by atoms with van der Waals surface area (Å²) in [6.45, 7) is 8.93. The van der Waals surface area contributed by atoms with Crippen molar-refractivity contribution in [2.24, 2.45) is 22.7 Å². The number of ether oxygens (including phenoxy) is 1. The lowest BCUT2D eigenvalue weighted by Crippen LogP contribution is -2.58. The predicted octanol–water partition coefficient (Wildman–Crippen LogP) is 2.91. The van der Waals surface area contributed by atoms with E-state index in [1.54, 1.807) is 0 Å². The van der Waals surface area contributed by atoms with E-state index in [1.807, 2.05) is 0 Å². The van der Waals surface area contributed by atoms with Crippen LogP contribution in [0.3, 0.4) is 0 Å². The van der Waals surface area contributed by atoms with E-state index in [2.05, 4.69) is 27.7 Å². The van der Waals surface area contributed by atoms with Crippen molar-refractivity contribution in [2.75, 3.05) is 0 Å². The lowest BCUT2D eigenvalue weighted by molar-refractivity contribution is -0.176. The Kier molecular flexibility index (Phi) is 2.65. The summed E-state index contributed by atoms with van der Waals surface area (Å²) in [6, 6.07) is 0. The molecule has 0 aromatic carbocycles. The molecule has 3 fully saturated rings. The molecule has 3 nitrogen and oxygen atoms in total. The number of carbonyl (C=O) groups excluding carboxylic acids is 1. The standard InChI is InChI=1S/C16H26O3/c1-14(2)8-10(17)9-15(3)11(14)5-6-16(4)12(15)7-13(18)19-16/h10-12,17H,5-9H2,1-4H3/t10-,11?,12?,15-,16+/m0/s1. The first-order valence-electron chi connectivity index (χ1n) is 7.57. The minimum absolute atomic E-state index is 0.0281. The molecule has 0 radical (unpaired) electrons. The number of hydrogen-bond acceptors (Lipinski definition) is 3. The summed E-state index contributed by atoms with van der Waals surface area (Å²) in [5.41, 5.74) is -0.116. The third-order valence-electron chi connectivity index (χ3n) is 6.36. The van der Waals surface area contributed by atoms with Crippen LogP contribution in [-0.2, 0) is 9.53 Å². The summed E-state index contributed by atoms with van der Waals surface area (Å²) in [5.74, 6) is 0.795. The first kappa shape index (κ1) is 13.4. The van der Waals surface area contributed by atoms with Gasteiger partial charge in [-0.05, 0) is 49.4 Å². The van der Waals surface area contributed by atoms with Crippen LogP contribution in [-0.4, -0.2) is 22.8 Å². The van der Waals surface area contributed by atoms with Crippen LogP contribution in [0.2, 0.25) is 0 Å². The molecular formula is C16H26O3. The summed E-state index contributed by atoms with van der Waals surface area (Å²) in [4.78, 5) is 11.8. The molecule has 5 atom stereocenters. The monoisotopic (exact) mass is 266 g/mol. The van der Waals surface area contributed by atoms with E-state index in [-0.39, 0.29) is 34.4 Å². The molecule has 0 bridgehead atoms. The molecule has 2 unspecified atom stereocenters. The van der Waals surface area contributed by atoms with Gasteiger partial charge in [0.05, 0.1) is 12.5 Å². The number of carbonyl (C=O) groups is 1. The van der Waals surface area contributed by atoms with Gasteiger partial charge < -0.3 is 9.84 Å². The molecule has 19 heavy (non-hydrogen) atoms. The van der Waals surface area contributed by atoms with Crippen molar-refractivity contribution >= 4 is 5.97 Å². The van der Waals surface area contributed by atoms with Crippen molar-refractivity contribution in [3.8, 4) is 0 Å². The molecular weight excluding hydrogens is 240 g/mol. The molecule has 1 saturated heterocycles. The minimum Gasteiger partial charge on any atom is -0.459 e. The zero-order chi connectivity index (χ0) is 14.1. The van der Waals surface area contributed by atoms with Gasteiger partial charge in [-0.2, -0.15) is 0 Å². The molecule has 3 aliphatic rings. The second-order valence-electron chi connectivity index (χ2n) is 8.19. The Morgan fingerprint density at radius 1 is 1.16 bits per heavy atom. The van der Waals surface area contributed by atoms with Gasteiger partial charge in [-0.1, -0.05) is 20.8 Å². The van der Waals surface area contributed by atoms with Crippen LogP contribution >= 0.6 is 0 Å². The highest BCUT2D eigenvalue weighted by atomic mass is 16.6. The molecule has 108 valence electrons. The largest absolute Gasteiger partial charge is 0.459 e. The SMILES string of the molecule is CC1(C)C[C@H](O)C[C@@]2(C)C1CC[C@@]1(C)OC(=O)CC21. The number of rotatable bonds is 0. The summed E-state index contributed by atoms with van der Waals surface area (Å²) in [7, 11) is 0. The number of aliphatic hydroxyl groups excluding tert-OH is 1. The summed E-state index contributed by atoms with van der Waals surface area (Å²) in [5, 5.41) is 10.3. The van der Waals surface area contributed by atoms with Crippen LogP contribution in [0.25, 0.3) is 0 Å². The quantitative estimate of drug-likeness (QED) is 0.686. The van der Waals surface area contributed by atoms with E-state index in [4.69, 9.17) is 4.74 Å². The van der Waals surface area contributed by atoms with Gasteiger partial charge in [-0.25, -0.2) is 0 Å². The topological polar surface area (TPSA) is 46.5 Å². The summed E-state index contributed by atoms with van der Waals surface area (Å²) in [6.07, 6.45) is 4.07. The van der Waals surface area contributed by atoms with Gasteiger partial charge in [0.15, 0.2) is 0 Å². The third-order valence-corrected chi connectivity index (χ3v) is 6.36. The molecule has 2 saturated carbocycles. The molecule has 2 aliphatic carbocycles. The van der Waals surface area contributed by atoms with Crippen LogP contribution in [0, 0.1) is 22.7 Å². The van der Waals surface area contributed by atoms with Crippen LogP contribution in [0.15, 0.2) is 0 Å². The number of esters is 1. The van der Waals surface area contributed by atoms with E-state index in [9.17, 15) is 9.90 Å². The van der Waals surface area contributed by atoms with Gasteiger partial charge >= 0.3 is 5.97 Å². The average molecular weight is 266 g/mol. The van der Waals surface area contributed by atoms with E-state index >= 15 is 0 Å². The first-order chi connectivity index (χ1) is 8.67. The van der Waals surface area contributed by atoms with Gasteiger partial charge in [0, 0.05) is 5.92 Å². The summed E-state index contributed by atoms with van der Waals surface area (Å²) >= 11 is 0. The van der Waals surface area contributed by atoms with Gasteiger partial charge in [0.2, 0.25) is 0 Å². The van der Waals surface area contributed by atoms with Gasteiger partial charge in [0.25, 0.3) is 0 Å². The Morgan fingerprint density at radius 2 is 1.84 bits per heavy atom. The molecule has 3 heteroatoms. The maximum absolute atomic E-state index is 11.8. The van der Waals surface area contributed by atoms with E-state index in [0.717, 1.165) is 25.7 Å². The third kappa shape index (κ3) is 1.77. The van der Waals surface area contributed by atoms with Crippen molar-refractivity contribution in [2.45, 2.75) is 71.5 Å². The van der Waals surface area contributed by atoms with E-state index in [0.29, 0.717) is 12.3 Å². The van der Waals surface area contributed by atoms with Gasteiger partial charge in [0.1, 0.15) is 5.60 Å². The molecule has 0 aromatic rings. The molecule has 0 amide bonds. The fourth-order valence-corrected chi connectivity index (χ4v) is 5.81. The predicted molar refractivity (Wildman–Crippen MR) is 72.5 cm³/mol. The first-order valence-corrected chi connectivity index (χ1v) is 7.57. The van der Waals surface area contributed by atoms with Crippen molar-refractivity contribution < 1.29 is 14.6 Å². The minimum atomic E-state index is -0.296. The average Bonchev–Trinajstić information content (AvgIpc) is 2.51. The van der Waals surface area contributed by atoms with Crippen molar-refractivity contribution in [3.05, 3.63) is 0 Å². The van der Waals surface area contributed by atoms with Crippen LogP contribution in [0.5, 0.6) is 0 Å². The van der Waals surface area contributed by atoms with Crippen LogP contribution in [0.4, 0.5) is 0 Å². The Bertz CT molecular complexity index is 416. The zero-order valence-electron chi connectivity index (χ0n) is 12.5. The Morgan fingerprint density at radius 3 is 2.53 bits per heavy atom. The molecule has 1 aliphatic heterocycles. The molecule has 0 spiro atoms. The van der Waals surface area contributed by atoms with Gasteiger partial charge in [-0.3, -0.25) is 4.79 Å². The lowest BCUT2D eigenvalue weighted by Gasteiger charge is -2.60. The second-order valence-corrected chi connectivity index (χ2v) is 8.19. The maximum Gasteiger partial charge on any atom is 0.306 e. The Balaban J connectivity index is 2.02. The number of fused-ring (bicyclic) bond motifs is 3. The highest BCUT2D eigenvalue weighted by Gasteiger charge is 2.63. The van der Waals surface area contributed by atoms with Crippen LogP contribution in [0.1, 0.15) is 59.8 Å². The Hall–Kier alpha value is -0.570. The molecule has 1 heterocycles. The highest BCUT2D eigenvalue weighted by Crippen LogP contribution is 2.64. The number of hydrogen-bond donors (Lipinski definition) is 1. The molecule has 3 rings (SSSR count). The van der Waals surface area contributed by atoms with Gasteiger partial charge in [-0.15, -0.1) is 0 Å². The fourth-order valence-electron chi connectivity index (χ4n) is 5.81. The van der Waals surface area contributed by atoms with E-state index in [1.165, 1.54) is 0 Å². The lowest BCUT2D eigenvalue weighted by atomic mass is 9.45. The Labute approximate surface area is 115 Å². The smallest absolute Gasteiger partial charge is 0.306 e. The van der Waals surface area contributed by atoms with Crippen molar-refractivity contribution in [3.63, 3.8) is 0 Å². The normalized spacial score (nSPS) is 52.3. The fraction of sp³-hybridized carbons (Fsp3) is 0.938. The zero-order valence-corrected chi connectivity index (χ0v) is 12.5. The summed E-state index contributed by atoms with van der Waals surface area (Å²) < 4.78 is 5.65. The number of aliphatic hydroxyl groups is 1. The molecule has 0 aromatic heterocycles. The van der Waals surface area contributed by atoms with Crippen molar-refractivity contribution in [1.82, 2.24) is 0 Å².